The Morgan fingerprint density at radius 2 is 1.80 bits per heavy atom. The SMILES string of the molecule is CCNCc1ccc(N(C)Cc2ccc(F)cc2)nc1. The fourth-order valence-corrected chi connectivity index (χ4v) is 1.96. The monoisotopic (exact) mass is 273 g/mol. The molecule has 20 heavy (non-hydrogen) atoms. The Morgan fingerprint density at radius 1 is 1.10 bits per heavy atom. The summed E-state index contributed by atoms with van der Waals surface area (Å²) in [5.74, 6) is 0.705. The first-order valence-electron chi connectivity index (χ1n) is 6.80. The molecular weight excluding hydrogens is 253 g/mol. The fourth-order valence-electron chi connectivity index (χ4n) is 1.96. The summed E-state index contributed by atoms with van der Waals surface area (Å²) in [6.07, 6.45) is 1.89. The second-order valence-electron chi connectivity index (χ2n) is 4.79. The zero-order valence-corrected chi connectivity index (χ0v) is 11.9. The summed E-state index contributed by atoms with van der Waals surface area (Å²) in [5, 5.41) is 3.27. The number of benzene rings is 1. The highest BCUT2D eigenvalue weighted by Crippen LogP contribution is 2.13. The van der Waals surface area contributed by atoms with E-state index in [1.54, 1.807) is 12.1 Å². The first-order chi connectivity index (χ1) is 9.69. The predicted molar refractivity (Wildman–Crippen MR) is 80.1 cm³/mol. The normalized spacial score (nSPS) is 10.6. The second kappa shape index (κ2) is 7.01. The molecule has 2 rings (SSSR count). The Balaban J connectivity index is 1.98. The van der Waals surface area contributed by atoms with Gasteiger partial charge in [-0.3, -0.25) is 0 Å². The maximum atomic E-state index is 12.9. The minimum atomic E-state index is -0.206. The molecular formula is C16H20FN3. The number of nitrogens with one attached hydrogen (secondary N) is 1. The van der Waals surface area contributed by atoms with Crippen LogP contribution in [0.15, 0.2) is 42.6 Å². The highest BCUT2D eigenvalue weighted by Gasteiger charge is 2.04. The Bertz CT molecular complexity index is 522. The van der Waals surface area contributed by atoms with Gasteiger partial charge in [-0.1, -0.05) is 25.1 Å². The van der Waals surface area contributed by atoms with Gasteiger partial charge in [0.25, 0.3) is 0 Å². The van der Waals surface area contributed by atoms with Crippen molar-refractivity contribution < 1.29 is 4.39 Å². The van der Waals surface area contributed by atoms with E-state index in [9.17, 15) is 4.39 Å². The molecule has 1 aromatic carbocycles. The summed E-state index contributed by atoms with van der Waals surface area (Å²) < 4.78 is 12.9. The number of anilines is 1. The average Bonchev–Trinajstić information content (AvgIpc) is 2.48. The minimum Gasteiger partial charge on any atom is -0.355 e. The lowest BCUT2D eigenvalue weighted by Crippen LogP contribution is -2.18. The molecule has 1 heterocycles. The zero-order chi connectivity index (χ0) is 14.4. The van der Waals surface area contributed by atoms with Crippen LogP contribution < -0.4 is 10.2 Å². The molecule has 3 nitrogen and oxygen atoms in total. The molecule has 106 valence electrons. The highest BCUT2D eigenvalue weighted by atomic mass is 19.1. The van der Waals surface area contributed by atoms with Crippen molar-refractivity contribution in [1.29, 1.82) is 0 Å². The van der Waals surface area contributed by atoms with Crippen molar-refractivity contribution in [3.63, 3.8) is 0 Å². The number of pyridine rings is 1. The van der Waals surface area contributed by atoms with Crippen LogP contribution in [0.4, 0.5) is 10.2 Å². The molecule has 0 saturated heterocycles. The van der Waals surface area contributed by atoms with Crippen LogP contribution in [0, 0.1) is 5.82 Å². The molecule has 1 aromatic heterocycles. The van der Waals surface area contributed by atoms with E-state index in [0.29, 0.717) is 6.54 Å². The van der Waals surface area contributed by atoms with Crippen molar-refractivity contribution in [2.24, 2.45) is 0 Å². The Morgan fingerprint density at radius 3 is 2.40 bits per heavy atom. The van der Waals surface area contributed by atoms with Crippen molar-refractivity contribution in [3.05, 3.63) is 59.5 Å². The highest BCUT2D eigenvalue weighted by molar-refractivity contribution is 5.39. The van der Waals surface area contributed by atoms with Gasteiger partial charge in [0.1, 0.15) is 11.6 Å². The number of nitrogens with zero attached hydrogens (tertiary/aromatic N) is 2. The van der Waals surface area contributed by atoms with Crippen LogP contribution >= 0.6 is 0 Å². The molecule has 0 amide bonds. The number of rotatable bonds is 6. The fraction of sp³-hybridized carbons (Fsp3) is 0.312. The van der Waals surface area contributed by atoms with E-state index in [1.165, 1.54) is 17.7 Å². The first kappa shape index (κ1) is 14.5. The van der Waals surface area contributed by atoms with Crippen LogP contribution in [0.25, 0.3) is 0 Å². The molecule has 4 heteroatoms. The smallest absolute Gasteiger partial charge is 0.128 e. The van der Waals surface area contributed by atoms with Crippen LogP contribution in [0.1, 0.15) is 18.1 Å². The number of hydrogen-bond donors (Lipinski definition) is 1. The maximum Gasteiger partial charge on any atom is 0.128 e. The van der Waals surface area contributed by atoms with Crippen molar-refractivity contribution in [3.8, 4) is 0 Å². The van der Waals surface area contributed by atoms with Gasteiger partial charge in [-0.25, -0.2) is 9.37 Å². The van der Waals surface area contributed by atoms with E-state index in [0.717, 1.165) is 24.5 Å². The summed E-state index contributed by atoms with van der Waals surface area (Å²) in [4.78, 5) is 6.50. The van der Waals surface area contributed by atoms with E-state index in [1.807, 2.05) is 24.2 Å². The summed E-state index contributed by atoms with van der Waals surface area (Å²) in [7, 11) is 1.98. The quantitative estimate of drug-likeness (QED) is 0.877. The van der Waals surface area contributed by atoms with Crippen molar-refractivity contribution in [1.82, 2.24) is 10.3 Å². The zero-order valence-electron chi connectivity index (χ0n) is 11.9. The van der Waals surface area contributed by atoms with E-state index >= 15 is 0 Å². The lowest BCUT2D eigenvalue weighted by Gasteiger charge is -2.18. The van der Waals surface area contributed by atoms with Crippen LogP contribution in [0.3, 0.4) is 0 Å². The largest absolute Gasteiger partial charge is 0.355 e. The van der Waals surface area contributed by atoms with Crippen molar-refractivity contribution >= 4 is 5.82 Å². The molecule has 0 radical (unpaired) electrons. The molecule has 0 atom stereocenters. The molecule has 0 bridgehead atoms. The molecule has 1 N–H and O–H groups in total. The van der Waals surface area contributed by atoms with Gasteiger partial charge >= 0.3 is 0 Å². The van der Waals surface area contributed by atoms with Gasteiger partial charge in [0, 0.05) is 26.3 Å². The van der Waals surface area contributed by atoms with Gasteiger partial charge in [-0.05, 0) is 35.9 Å². The maximum absolute atomic E-state index is 12.9. The molecule has 0 spiro atoms. The minimum absolute atomic E-state index is 0.206. The van der Waals surface area contributed by atoms with Crippen LogP contribution in [-0.2, 0) is 13.1 Å². The number of halogens is 1. The molecule has 0 aliphatic carbocycles. The van der Waals surface area contributed by atoms with Crippen molar-refractivity contribution in [2.45, 2.75) is 20.0 Å². The third kappa shape index (κ3) is 4.03. The van der Waals surface area contributed by atoms with Gasteiger partial charge < -0.3 is 10.2 Å². The van der Waals surface area contributed by atoms with E-state index < -0.39 is 0 Å². The van der Waals surface area contributed by atoms with E-state index in [4.69, 9.17) is 0 Å². The van der Waals surface area contributed by atoms with Gasteiger partial charge in [-0.2, -0.15) is 0 Å². The Hall–Kier alpha value is -1.94. The molecule has 2 aromatic rings. The van der Waals surface area contributed by atoms with Crippen LogP contribution in [-0.4, -0.2) is 18.6 Å². The summed E-state index contributed by atoms with van der Waals surface area (Å²) in [5.41, 5.74) is 2.23. The predicted octanol–water partition coefficient (Wildman–Crippen LogP) is 2.97. The Labute approximate surface area is 119 Å². The lowest BCUT2D eigenvalue weighted by molar-refractivity contribution is 0.627. The summed E-state index contributed by atoms with van der Waals surface area (Å²) >= 11 is 0. The van der Waals surface area contributed by atoms with E-state index in [-0.39, 0.29) is 5.82 Å². The third-order valence-corrected chi connectivity index (χ3v) is 3.11. The van der Waals surface area contributed by atoms with Gasteiger partial charge in [0.2, 0.25) is 0 Å². The summed E-state index contributed by atoms with van der Waals surface area (Å²) in [6.45, 7) is 4.58. The second-order valence-corrected chi connectivity index (χ2v) is 4.79. The molecule has 0 fully saturated rings. The summed E-state index contributed by atoms with van der Waals surface area (Å²) in [6, 6.07) is 10.6. The molecule has 0 aliphatic rings. The molecule has 0 aliphatic heterocycles. The van der Waals surface area contributed by atoms with Gasteiger partial charge in [0.05, 0.1) is 0 Å². The standard InChI is InChI=1S/C16H20FN3/c1-3-18-10-14-6-9-16(19-11-14)20(2)12-13-4-7-15(17)8-5-13/h4-9,11,18H,3,10,12H2,1-2H3. The van der Waals surface area contributed by atoms with Crippen molar-refractivity contribution in [2.75, 3.05) is 18.5 Å². The third-order valence-electron chi connectivity index (χ3n) is 3.11. The topological polar surface area (TPSA) is 28.2 Å². The number of aromatic nitrogens is 1. The van der Waals surface area contributed by atoms with Crippen LogP contribution in [0.5, 0.6) is 0 Å². The Kier molecular flexibility index (Phi) is 5.07. The first-order valence-corrected chi connectivity index (χ1v) is 6.80. The van der Waals surface area contributed by atoms with E-state index in [2.05, 4.69) is 23.3 Å². The van der Waals surface area contributed by atoms with Gasteiger partial charge in [0.15, 0.2) is 0 Å². The molecule has 0 unspecified atom stereocenters. The van der Waals surface area contributed by atoms with Gasteiger partial charge in [-0.15, -0.1) is 0 Å². The van der Waals surface area contributed by atoms with Crippen LogP contribution in [0.2, 0.25) is 0 Å². The number of hydrogen-bond acceptors (Lipinski definition) is 3. The molecule has 0 saturated carbocycles. The average molecular weight is 273 g/mol. The lowest BCUT2D eigenvalue weighted by atomic mass is 10.2.